The van der Waals surface area contributed by atoms with Gasteiger partial charge >= 0.3 is 0 Å². The molecule has 2 aromatic heterocycles. The van der Waals surface area contributed by atoms with E-state index in [1.165, 1.54) is 0 Å². The van der Waals surface area contributed by atoms with Crippen LogP contribution in [-0.4, -0.2) is 26.9 Å². The number of nitrogens with one attached hydrogen (secondary N) is 1. The van der Waals surface area contributed by atoms with Gasteiger partial charge in [0, 0.05) is 30.9 Å². The number of hydrogen-bond acceptors (Lipinski definition) is 4. The van der Waals surface area contributed by atoms with Crippen LogP contribution in [0.1, 0.15) is 21.7 Å². The third-order valence-electron chi connectivity index (χ3n) is 3.60. The van der Waals surface area contributed by atoms with Crippen LogP contribution in [0.5, 0.6) is 5.88 Å². The topological polar surface area (TPSA) is 78.2 Å². The van der Waals surface area contributed by atoms with E-state index in [0.717, 1.165) is 5.69 Å². The number of carbonyl (C=O) groups is 1. The lowest BCUT2D eigenvalue weighted by molar-refractivity contribution is 0.0944. The summed E-state index contributed by atoms with van der Waals surface area (Å²) in [5.41, 5.74) is 1.61. The Balaban J connectivity index is 1.71. The molecule has 0 saturated carbocycles. The van der Waals surface area contributed by atoms with E-state index in [-0.39, 0.29) is 18.0 Å². The number of rotatable bonds is 3. The van der Waals surface area contributed by atoms with Gasteiger partial charge in [-0.2, -0.15) is 5.10 Å². The zero-order valence-corrected chi connectivity index (χ0v) is 11.9. The van der Waals surface area contributed by atoms with Crippen LogP contribution in [0.2, 0.25) is 0 Å². The molecule has 110 valence electrons. The van der Waals surface area contributed by atoms with E-state index in [2.05, 4.69) is 10.4 Å². The fourth-order valence-corrected chi connectivity index (χ4v) is 2.20. The van der Waals surface area contributed by atoms with Gasteiger partial charge in [-0.05, 0) is 13.0 Å². The first kappa shape index (κ1) is 13.4. The molecule has 3 heterocycles. The fourth-order valence-electron chi connectivity index (χ4n) is 2.20. The standard InChI is InChI=1S/C14H16N4O3/c1-9-3-4-10(14(20)17(9)2)8-15-13(19)11-7-12-18(16-11)5-6-21-12/h3-4,7H,5-6,8H2,1-2H3,(H,15,19). The Kier molecular flexibility index (Phi) is 3.25. The maximum absolute atomic E-state index is 12.0. The summed E-state index contributed by atoms with van der Waals surface area (Å²) >= 11 is 0. The van der Waals surface area contributed by atoms with Crippen LogP contribution in [0.25, 0.3) is 0 Å². The van der Waals surface area contributed by atoms with Gasteiger partial charge in [-0.15, -0.1) is 0 Å². The first-order valence-electron chi connectivity index (χ1n) is 6.70. The number of aromatic nitrogens is 3. The predicted octanol–water partition coefficient (Wildman–Crippen LogP) is 0.213. The lowest BCUT2D eigenvalue weighted by Gasteiger charge is -2.07. The predicted molar refractivity (Wildman–Crippen MR) is 75.3 cm³/mol. The van der Waals surface area contributed by atoms with Gasteiger partial charge in [0.15, 0.2) is 5.69 Å². The van der Waals surface area contributed by atoms with E-state index in [1.54, 1.807) is 28.4 Å². The van der Waals surface area contributed by atoms with Crippen LogP contribution in [0.4, 0.5) is 0 Å². The highest BCUT2D eigenvalue weighted by Crippen LogP contribution is 2.18. The smallest absolute Gasteiger partial charge is 0.272 e. The summed E-state index contributed by atoms with van der Waals surface area (Å²) in [5, 5.41) is 6.86. The van der Waals surface area contributed by atoms with Gasteiger partial charge in [-0.3, -0.25) is 9.59 Å². The van der Waals surface area contributed by atoms with Crippen molar-refractivity contribution in [2.75, 3.05) is 6.61 Å². The molecule has 0 radical (unpaired) electrons. The molecular formula is C14H16N4O3. The van der Waals surface area contributed by atoms with E-state index >= 15 is 0 Å². The monoisotopic (exact) mass is 288 g/mol. The van der Waals surface area contributed by atoms with Crippen molar-refractivity contribution in [2.45, 2.75) is 20.0 Å². The van der Waals surface area contributed by atoms with Crippen LogP contribution in [-0.2, 0) is 20.1 Å². The average molecular weight is 288 g/mol. The zero-order chi connectivity index (χ0) is 15.0. The van der Waals surface area contributed by atoms with Crippen molar-refractivity contribution in [1.82, 2.24) is 19.7 Å². The van der Waals surface area contributed by atoms with Crippen molar-refractivity contribution in [3.8, 4) is 5.88 Å². The molecule has 0 unspecified atom stereocenters. The van der Waals surface area contributed by atoms with Crippen molar-refractivity contribution in [1.29, 1.82) is 0 Å². The number of nitrogens with zero attached hydrogens (tertiary/aromatic N) is 3. The van der Waals surface area contributed by atoms with Crippen LogP contribution in [0, 0.1) is 6.92 Å². The number of amides is 1. The van der Waals surface area contributed by atoms with E-state index < -0.39 is 0 Å². The van der Waals surface area contributed by atoms with Gasteiger partial charge in [0.25, 0.3) is 11.5 Å². The van der Waals surface area contributed by atoms with Gasteiger partial charge in [0.05, 0.1) is 6.54 Å². The minimum atomic E-state index is -0.317. The van der Waals surface area contributed by atoms with Gasteiger partial charge in [-0.25, -0.2) is 4.68 Å². The fraction of sp³-hybridized carbons (Fsp3) is 0.357. The maximum atomic E-state index is 12.0. The second-order valence-electron chi connectivity index (χ2n) is 4.99. The zero-order valence-electron chi connectivity index (χ0n) is 11.9. The number of ether oxygens (including phenoxy) is 1. The van der Waals surface area contributed by atoms with E-state index in [4.69, 9.17) is 4.74 Å². The largest absolute Gasteiger partial charge is 0.476 e. The second kappa shape index (κ2) is 5.08. The Hall–Kier alpha value is -2.57. The Labute approximate surface area is 121 Å². The summed E-state index contributed by atoms with van der Waals surface area (Å²) in [5.74, 6) is 0.287. The van der Waals surface area contributed by atoms with E-state index in [1.807, 2.05) is 13.0 Å². The van der Waals surface area contributed by atoms with E-state index in [0.29, 0.717) is 30.3 Å². The SMILES string of the molecule is Cc1ccc(CNC(=O)c2cc3n(n2)CCO3)c(=O)n1C. The van der Waals surface area contributed by atoms with Gasteiger partial charge in [0.1, 0.15) is 6.61 Å². The molecule has 7 heteroatoms. The molecule has 7 nitrogen and oxygen atoms in total. The van der Waals surface area contributed by atoms with Gasteiger partial charge in [-0.1, -0.05) is 6.07 Å². The molecular weight excluding hydrogens is 272 g/mol. The highest BCUT2D eigenvalue weighted by atomic mass is 16.5. The Morgan fingerprint density at radius 2 is 2.29 bits per heavy atom. The van der Waals surface area contributed by atoms with Crippen molar-refractivity contribution in [2.24, 2.45) is 7.05 Å². The second-order valence-corrected chi connectivity index (χ2v) is 4.99. The first-order chi connectivity index (χ1) is 10.1. The summed E-state index contributed by atoms with van der Waals surface area (Å²) in [6.45, 7) is 3.27. The molecule has 1 amide bonds. The molecule has 0 saturated heterocycles. The van der Waals surface area contributed by atoms with Crippen LogP contribution < -0.4 is 15.6 Å². The third kappa shape index (κ3) is 2.42. The van der Waals surface area contributed by atoms with Crippen LogP contribution in [0.15, 0.2) is 23.0 Å². The minimum Gasteiger partial charge on any atom is -0.476 e. The van der Waals surface area contributed by atoms with Crippen LogP contribution >= 0.6 is 0 Å². The molecule has 1 N–H and O–H groups in total. The summed E-state index contributed by atoms with van der Waals surface area (Å²) in [6, 6.07) is 5.19. The minimum absolute atomic E-state index is 0.106. The molecule has 1 aliphatic rings. The van der Waals surface area contributed by atoms with Gasteiger partial charge in [0.2, 0.25) is 5.88 Å². The number of aryl methyl sites for hydroxylation is 1. The first-order valence-corrected chi connectivity index (χ1v) is 6.70. The normalized spacial score (nSPS) is 12.9. The highest BCUT2D eigenvalue weighted by Gasteiger charge is 2.19. The maximum Gasteiger partial charge on any atom is 0.272 e. The molecule has 0 spiro atoms. The lowest BCUT2D eigenvalue weighted by atomic mass is 10.2. The molecule has 2 aromatic rings. The molecule has 0 aliphatic carbocycles. The quantitative estimate of drug-likeness (QED) is 0.876. The molecule has 0 atom stereocenters. The molecule has 1 aliphatic heterocycles. The molecule has 0 fully saturated rings. The van der Waals surface area contributed by atoms with E-state index in [9.17, 15) is 9.59 Å². The van der Waals surface area contributed by atoms with Crippen molar-refractivity contribution < 1.29 is 9.53 Å². The summed E-state index contributed by atoms with van der Waals surface area (Å²) < 4.78 is 8.52. The number of pyridine rings is 1. The number of fused-ring (bicyclic) bond motifs is 1. The Morgan fingerprint density at radius 3 is 3.05 bits per heavy atom. The highest BCUT2D eigenvalue weighted by molar-refractivity contribution is 5.92. The summed E-state index contributed by atoms with van der Waals surface area (Å²) in [6.07, 6.45) is 0. The average Bonchev–Trinajstić information content (AvgIpc) is 3.05. The molecule has 21 heavy (non-hydrogen) atoms. The van der Waals surface area contributed by atoms with Crippen molar-refractivity contribution >= 4 is 5.91 Å². The Morgan fingerprint density at radius 1 is 1.48 bits per heavy atom. The van der Waals surface area contributed by atoms with Crippen LogP contribution in [0.3, 0.4) is 0 Å². The number of hydrogen-bond donors (Lipinski definition) is 1. The van der Waals surface area contributed by atoms with Crippen molar-refractivity contribution in [3.05, 3.63) is 45.5 Å². The summed E-state index contributed by atoms with van der Waals surface area (Å²) in [7, 11) is 1.71. The van der Waals surface area contributed by atoms with Gasteiger partial charge < -0.3 is 14.6 Å². The number of carbonyl (C=O) groups excluding carboxylic acids is 1. The molecule has 0 bridgehead atoms. The Bertz CT molecular complexity index is 739. The molecule has 3 rings (SSSR count). The summed E-state index contributed by atoms with van der Waals surface area (Å²) in [4.78, 5) is 24.1. The van der Waals surface area contributed by atoms with Crippen molar-refractivity contribution in [3.63, 3.8) is 0 Å². The lowest BCUT2D eigenvalue weighted by Crippen LogP contribution is -2.30. The third-order valence-corrected chi connectivity index (χ3v) is 3.60. The molecule has 0 aromatic carbocycles.